The van der Waals surface area contributed by atoms with E-state index in [0.29, 0.717) is 0 Å². The van der Waals surface area contributed by atoms with Crippen molar-refractivity contribution in [2.45, 2.75) is 0 Å². The first kappa shape index (κ1) is 45.9. The summed E-state index contributed by atoms with van der Waals surface area (Å²) < 4.78 is 0. The second kappa shape index (κ2) is 31.4. The Kier molecular flexibility index (Phi) is 42.4. The molecular weight excluding hydrogens is 679 g/mol. The SMILES string of the molecule is N#CC([S-])=C([SH2+])C#N.N#CC([S-])=C([SH2+])C#N.N#CC([SH2+])=C([SH2+])C#N.N#CC([SH2+])=C([SH2+])C#N.[Co+3].[Co]. The van der Waals surface area contributed by atoms with Crippen LogP contribution < -0.4 is 0 Å². The molecule has 0 aliphatic carbocycles. The molecule has 0 atom stereocenters. The summed E-state index contributed by atoms with van der Waals surface area (Å²) in [6.45, 7) is 0. The van der Waals surface area contributed by atoms with Crippen LogP contribution in [0.15, 0.2) is 39.2 Å². The zero-order chi connectivity index (χ0) is 26.3. The topological polar surface area (TPSA) is 190 Å². The van der Waals surface area contributed by atoms with Gasteiger partial charge in [-0.05, 0) is 9.81 Å². The molecule has 1 radical (unpaired) electrons. The van der Waals surface area contributed by atoms with Crippen molar-refractivity contribution in [1.29, 1.82) is 42.1 Å². The Labute approximate surface area is 261 Å². The van der Waals surface area contributed by atoms with Crippen molar-refractivity contribution in [3.63, 3.8) is 0 Å². The number of nitrogens with zero attached hydrogens (tertiary/aromatic N) is 8. The van der Waals surface area contributed by atoms with E-state index in [4.69, 9.17) is 42.1 Å². The Morgan fingerprint density at radius 2 is 0.529 bits per heavy atom. The zero-order valence-corrected chi connectivity index (χ0v) is 25.8. The van der Waals surface area contributed by atoms with E-state index in [0.717, 1.165) is 0 Å². The Balaban J connectivity index is -0.0000000754. The molecule has 0 aliphatic rings. The first-order chi connectivity index (χ1) is 14.9. The van der Waals surface area contributed by atoms with E-state index in [2.05, 4.69) is 101 Å². The average molecular weight is 691 g/mol. The number of hydrogen-bond acceptors (Lipinski definition) is 10. The maximum Gasteiger partial charge on any atom is 3.00 e. The van der Waals surface area contributed by atoms with Gasteiger partial charge in [0.25, 0.3) is 19.6 Å². The van der Waals surface area contributed by atoms with Crippen molar-refractivity contribution in [2.75, 3.05) is 0 Å². The Morgan fingerprint density at radius 1 is 0.382 bits per heavy atom. The molecule has 0 saturated carbocycles. The van der Waals surface area contributed by atoms with Gasteiger partial charge in [0.2, 0.25) is 9.81 Å². The van der Waals surface area contributed by atoms with Crippen LogP contribution in [0, 0.1) is 90.6 Å². The molecular formula is C16H12Co2N8S8+7. The summed E-state index contributed by atoms with van der Waals surface area (Å²) in [5.74, 6) is 0. The van der Waals surface area contributed by atoms with E-state index in [9.17, 15) is 0 Å². The number of hydrogen-bond donors (Lipinski definition) is 0. The van der Waals surface area contributed by atoms with Crippen molar-refractivity contribution in [3.05, 3.63) is 39.2 Å². The quantitative estimate of drug-likeness (QED) is 0.158. The predicted molar refractivity (Wildman–Crippen MR) is 149 cm³/mol. The summed E-state index contributed by atoms with van der Waals surface area (Å²) in [4.78, 5) is 1.06. The predicted octanol–water partition coefficient (Wildman–Crippen LogP) is -1.86. The fourth-order valence-corrected chi connectivity index (χ4v) is 0.864. The van der Waals surface area contributed by atoms with Crippen molar-refractivity contribution in [2.24, 2.45) is 0 Å². The summed E-state index contributed by atoms with van der Waals surface area (Å²) >= 11 is 26.1. The van der Waals surface area contributed by atoms with Crippen molar-refractivity contribution in [3.8, 4) is 48.6 Å². The van der Waals surface area contributed by atoms with Crippen LogP contribution in [-0.2, 0) is 135 Å². The summed E-state index contributed by atoms with van der Waals surface area (Å²) in [5, 5.41) is 64.6. The van der Waals surface area contributed by atoms with E-state index >= 15 is 0 Å². The van der Waals surface area contributed by atoms with E-state index in [1.54, 1.807) is 48.6 Å². The largest absolute Gasteiger partial charge is 3.00 e. The molecule has 0 bridgehead atoms. The molecule has 0 rings (SSSR count). The minimum absolute atomic E-state index is 0. The molecule has 0 fully saturated rings. The third-order valence-corrected chi connectivity index (χ3v) is 5.45. The normalized spacial score (nSPS) is 10.3. The average Bonchev–Trinajstić information content (AvgIpc) is 2.85. The molecule has 18 heteroatoms. The van der Waals surface area contributed by atoms with E-state index in [1.165, 1.54) is 0 Å². The van der Waals surface area contributed by atoms with Crippen LogP contribution in [0.5, 0.6) is 0 Å². The summed E-state index contributed by atoms with van der Waals surface area (Å²) in [6, 6.07) is 13.6. The van der Waals surface area contributed by atoms with Gasteiger partial charge in [-0.1, -0.05) is 0 Å². The smallest absolute Gasteiger partial charge is 0.763 e. The van der Waals surface area contributed by atoms with Crippen LogP contribution in [0.2, 0.25) is 0 Å². The number of rotatable bonds is 0. The second-order valence-electron chi connectivity index (χ2n) is 3.80. The molecule has 0 saturated heterocycles. The fraction of sp³-hybridized carbons (Fsp3) is 0. The maximum absolute atomic E-state index is 8.10. The van der Waals surface area contributed by atoms with Crippen molar-refractivity contribution >= 4 is 101 Å². The molecule has 0 aromatic carbocycles. The monoisotopic (exact) mass is 690 g/mol. The summed E-state index contributed by atoms with van der Waals surface area (Å²) in [7, 11) is 0. The zero-order valence-electron chi connectivity index (χ0n) is 16.1. The Bertz CT molecular complexity index is 879. The van der Waals surface area contributed by atoms with Crippen LogP contribution in [0.3, 0.4) is 0 Å². The van der Waals surface area contributed by atoms with Gasteiger partial charge in [0, 0.05) is 92.6 Å². The molecule has 0 aromatic heterocycles. The van der Waals surface area contributed by atoms with Gasteiger partial charge in [-0.3, -0.25) is 0 Å². The maximum atomic E-state index is 8.10. The van der Waals surface area contributed by atoms with Gasteiger partial charge in [0.15, 0.2) is 36.4 Å². The van der Waals surface area contributed by atoms with Crippen LogP contribution >= 0.6 is 0 Å². The molecule has 0 aliphatic heterocycles. The van der Waals surface area contributed by atoms with Crippen LogP contribution in [-0.4, -0.2) is 0 Å². The fourth-order valence-electron chi connectivity index (χ4n) is 0.437. The molecule has 175 valence electrons. The van der Waals surface area contributed by atoms with Gasteiger partial charge in [-0.2, -0.15) is 42.1 Å². The third-order valence-electron chi connectivity index (χ3n) is 1.83. The number of nitriles is 8. The minimum atomic E-state index is -0.0100. The first-order valence-electron chi connectivity index (χ1n) is 6.70. The van der Waals surface area contributed by atoms with Crippen LogP contribution in [0.4, 0.5) is 0 Å². The van der Waals surface area contributed by atoms with Gasteiger partial charge in [0.1, 0.15) is 0 Å². The van der Waals surface area contributed by atoms with Crippen LogP contribution in [0.1, 0.15) is 0 Å². The van der Waals surface area contributed by atoms with Crippen molar-refractivity contribution in [1.82, 2.24) is 0 Å². The molecule has 8 nitrogen and oxygen atoms in total. The van der Waals surface area contributed by atoms with Crippen LogP contribution in [0.25, 0.3) is 0 Å². The molecule has 34 heavy (non-hydrogen) atoms. The third kappa shape index (κ3) is 28.5. The molecule has 0 spiro atoms. The van der Waals surface area contributed by atoms with Gasteiger partial charge >= 0.3 is 16.8 Å². The molecule has 0 N–H and O–H groups in total. The van der Waals surface area contributed by atoms with Gasteiger partial charge in [-0.15, -0.1) is 0 Å². The number of allylic oxidation sites excluding steroid dienone is 8. The standard InChI is InChI=1S/4C4H2N2S2.2Co/c4*5-1-3(7)4(8)2-6;;/h4*7-8H;;/q;;;;;+3/p+4. The minimum Gasteiger partial charge on any atom is -0.763 e. The Hall–Kier alpha value is -1.57. The van der Waals surface area contributed by atoms with Gasteiger partial charge in [0.05, 0.1) is 12.1 Å². The second-order valence-corrected chi connectivity index (χ2v) is 7.62. The van der Waals surface area contributed by atoms with Gasteiger partial charge < -0.3 is 25.3 Å². The van der Waals surface area contributed by atoms with E-state index in [1.807, 2.05) is 0 Å². The summed E-state index contributed by atoms with van der Waals surface area (Å²) in [5.41, 5.74) is 0. The molecule has 0 unspecified atom stereocenters. The van der Waals surface area contributed by atoms with E-state index < -0.39 is 0 Å². The van der Waals surface area contributed by atoms with Crippen molar-refractivity contribution < 1.29 is 33.6 Å². The molecule has 0 amide bonds. The Morgan fingerprint density at radius 3 is 0.588 bits per heavy atom. The van der Waals surface area contributed by atoms with E-state index in [-0.39, 0.29) is 72.8 Å². The first-order valence-corrected chi connectivity index (χ1v) is 10.5. The molecule has 0 aromatic rings. The molecule has 0 heterocycles. The summed E-state index contributed by atoms with van der Waals surface area (Å²) in [6.07, 6.45) is 0. The van der Waals surface area contributed by atoms with Gasteiger partial charge in [-0.25, -0.2) is 0 Å².